The molecule has 0 saturated carbocycles. The molecule has 174 valence electrons. The highest BCUT2D eigenvalue weighted by Gasteiger charge is 2.45. The molecule has 0 aromatic heterocycles. The van der Waals surface area contributed by atoms with E-state index in [2.05, 4.69) is 0 Å². The van der Waals surface area contributed by atoms with Gasteiger partial charge < -0.3 is 13.8 Å². The van der Waals surface area contributed by atoms with Crippen LogP contribution in [0.15, 0.2) is 6.07 Å². The van der Waals surface area contributed by atoms with Crippen molar-refractivity contribution in [2.45, 2.75) is 44.8 Å². The average Bonchev–Trinajstić information content (AvgIpc) is 3.10. The molecule has 0 spiro atoms. The maximum absolute atomic E-state index is 14.3. The molecule has 0 N–H and O–H groups in total. The molecular weight excluding hydrogens is 445 g/mol. The summed E-state index contributed by atoms with van der Waals surface area (Å²) < 4.78 is 83.1. The average molecular weight is 469 g/mol. The number of amides is 1. The smallest absolute Gasteiger partial charge is 0.410 e. The number of carbonyl (C=O) groups is 2. The SMILES string of the molecule is COP(=O)(CC(=O)C1C[C@H](c2c(F)c(F)cc(F)c2F)CN1C(=O)OC(C)(C)C)OC. The van der Waals surface area contributed by atoms with E-state index in [0.717, 1.165) is 19.1 Å². The van der Waals surface area contributed by atoms with E-state index in [9.17, 15) is 31.7 Å². The Labute approximate surface area is 177 Å². The van der Waals surface area contributed by atoms with Gasteiger partial charge in [0.1, 0.15) is 11.8 Å². The third-order valence-electron chi connectivity index (χ3n) is 4.76. The Kier molecular flexibility index (Phi) is 7.55. The fraction of sp³-hybridized carbons (Fsp3) is 0.579. The molecule has 1 fully saturated rings. The van der Waals surface area contributed by atoms with Gasteiger partial charge in [0.25, 0.3) is 0 Å². The lowest BCUT2D eigenvalue weighted by Crippen LogP contribution is -2.44. The van der Waals surface area contributed by atoms with Gasteiger partial charge in [0, 0.05) is 38.3 Å². The molecule has 1 heterocycles. The van der Waals surface area contributed by atoms with Gasteiger partial charge in [-0.1, -0.05) is 0 Å². The van der Waals surface area contributed by atoms with Crippen molar-refractivity contribution in [1.29, 1.82) is 0 Å². The summed E-state index contributed by atoms with van der Waals surface area (Å²) in [7, 11) is -1.67. The van der Waals surface area contributed by atoms with Gasteiger partial charge in [-0.25, -0.2) is 22.4 Å². The molecule has 1 aromatic rings. The summed E-state index contributed by atoms with van der Waals surface area (Å²) in [5.74, 6) is -8.46. The van der Waals surface area contributed by atoms with Crippen LogP contribution in [0.2, 0.25) is 0 Å². The number of carbonyl (C=O) groups excluding carboxylic acids is 2. The van der Waals surface area contributed by atoms with Crippen LogP contribution in [0.5, 0.6) is 0 Å². The van der Waals surface area contributed by atoms with E-state index in [1.165, 1.54) is 0 Å². The first-order chi connectivity index (χ1) is 14.2. The van der Waals surface area contributed by atoms with E-state index in [1.54, 1.807) is 20.8 Å². The normalized spacial score (nSPS) is 19.6. The molecule has 1 saturated heterocycles. The highest BCUT2D eigenvalue weighted by Crippen LogP contribution is 2.47. The van der Waals surface area contributed by atoms with Crippen LogP contribution in [-0.4, -0.2) is 55.3 Å². The second-order valence-electron chi connectivity index (χ2n) is 8.06. The minimum atomic E-state index is -3.81. The topological polar surface area (TPSA) is 82.1 Å². The van der Waals surface area contributed by atoms with Gasteiger partial charge >= 0.3 is 13.7 Å². The maximum atomic E-state index is 14.3. The van der Waals surface area contributed by atoms with Crippen molar-refractivity contribution in [3.63, 3.8) is 0 Å². The fourth-order valence-electron chi connectivity index (χ4n) is 3.32. The molecule has 2 rings (SSSR count). The summed E-state index contributed by atoms with van der Waals surface area (Å²) in [5.41, 5.74) is -1.87. The van der Waals surface area contributed by atoms with Gasteiger partial charge in [-0.15, -0.1) is 0 Å². The van der Waals surface area contributed by atoms with Crippen LogP contribution in [0.1, 0.15) is 38.7 Å². The summed E-state index contributed by atoms with van der Waals surface area (Å²) in [5, 5.41) is 0. The summed E-state index contributed by atoms with van der Waals surface area (Å²) in [6.45, 7) is 4.26. The third-order valence-corrected chi connectivity index (χ3v) is 6.57. The molecule has 0 radical (unpaired) electrons. The molecule has 12 heteroatoms. The zero-order valence-corrected chi connectivity index (χ0v) is 18.6. The van der Waals surface area contributed by atoms with Crippen LogP contribution in [-0.2, 0) is 23.1 Å². The van der Waals surface area contributed by atoms with Crippen molar-refractivity contribution in [1.82, 2.24) is 4.90 Å². The number of hydrogen-bond donors (Lipinski definition) is 0. The largest absolute Gasteiger partial charge is 0.444 e. The van der Waals surface area contributed by atoms with E-state index < -0.39 is 78.6 Å². The summed E-state index contributed by atoms with van der Waals surface area (Å²) in [6.07, 6.45) is -2.07. The van der Waals surface area contributed by atoms with Gasteiger partial charge in [-0.3, -0.25) is 14.3 Å². The number of benzene rings is 1. The highest BCUT2D eigenvalue weighted by molar-refractivity contribution is 7.54. The predicted molar refractivity (Wildman–Crippen MR) is 102 cm³/mol. The number of halogens is 4. The van der Waals surface area contributed by atoms with Gasteiger partial charge in [-0.05, 0) is 27.2 Å². The minimum Gasteiger partial charge on any atom is -0.444 e. The lowest BCUT2D eigenvalue weighted by Gasteiger charge is -2.28. The monoisotopic (exact) mass is 469 g/mol. The van der Waals surface area contributed by atoms with Crippen LogP contribution in [0.4, 0.5) is 22.4 Å². The van der Waals surface area contributed by atoms with Gasteiger partial charge in [0.15, 0.2) is 29.1 Å². The van der Waals surface area contributed by atoms with E-state index in [1.807, 2.05) is 0 Å². The first kappa shape index (κ1) is 25.3. The van der Waals surface area contributed by atoms with Crippen LogP contribution in [0.3, 0.4) is 0 Å². The first-order valence-electron chi connectivity index (χ1n) is 9.28. The Morgan fingerprint density at radius 1 is 1.10 bits per heavy atom. The molecule has 1 amide bonds. The molecule has 1 aliphatic rings. The van der Waals surface area contributed by atoms with E-state index >= 15 is 0 Å². The van der Waals surface area contributed by atoms with Crippen molar-refractivity contribution in [3.05, 3.63) is 34.9 Å². The Bertz CT molecular complexity index is 885. The van der Waals surface area contributed by atoms with Crippen LogP contribution in [0.25, 0.3) is 0 Å². The number of rotatable bonds is 6. The van der Waals surface area contributed by atoms with Crippen LogP contribution in [0, 0.1) is 23.3 Å². The minimum absolute atomic E-state index is 0.0742. The number of nitrogens with zero attached hydrogens (tertiary/aromatic N) is 1. The highest BCUT2D eigenvalue weighted by atomic mass is 31.2. The first-order valence-corrected chi connectivity index (χ1v) is 11.0. The predicted octanol–water partition coefficient (Wildman–Crippen LogP) is 4.39. The second-order valence-corrected chi connectivity index (χ2v) is 10.3. The summed E-state index contributed by atoms with van der Waals surface area (Å²) in [6, 6.07) is -1.26. The van der Waals surface area contributed by atoms with E-state index in [-0.39, 0.29) is 12.5 Å². The van der Waals surface area contributed by atoms with Crippen molar-refractivity contribution < 1.29 is 45.5 Å². The molecule has 31 heavy (non-hydrogen) atoms. The second kappa shape index (κ2) is 9.26. The van der Waals surface area contributed by atoms with Crippen LogP contribution < -0.4 is 0 Å². The molecule has 1 aliphatic heterocycles. The summed E-state index contributed by atoms with van der Waals surface area (Å²) >= 11 is 0. The number of likely N-dealkylation sites (tertiary alicyclic amines) is 1. The maximum Gasteiger partial charge on any atom is 0.410 e. The van der Waals surface area contributed by atoms with E-state index in [0.29, 0.717) is 0 Å². The molecule has 0 bridgehead atoms. The Balaban J connectivity index is 2.44. The summed E-state index contributed by atoms with van der Waals surface area (Å²) in [4.78, 5) is 26.4. The Morgan fingerprint density at radius 2 is 1.61 bits per heavy atom. The quantitative estimate of drug-likeness (QED) is 0.349. The number of hydrogen-bond acceptors (Lipinski definition) is 6. The van der Waals surface area contributed by atoms with Crippen molar-refractivity contribution >= 4 is 19.5 Å². The molecule has 0 aliphatic carbocycles. The lowest BCUT2D eigenvalue weighted by atomic mass is 9.94. The fourth-order valence-corrected chi connectivity index (χ4v) is 4.32. The van der Waals surface area contributed by atoms with Gasteiger partial charge in [-0.2, -0.15) is 0 Å². The van der Waals surface area contributed by atoms with Crippen molar-refractivity contribution in [2.75, 3.05) is 26.9 Å². The van der Waals surface area contributed by atoms with Crippen LogP contribution >= 0.6 is 7.60 Å². The number of ketones is 1. The zero-order valence-electron chi connectivity index (χ0n) is 17.7. The Morgan fingerprint density at radius 3 is 2.06 bits per heavy atom. The zero-order chi connectivity index (χ0) is 23.7. The number of ether oxygens (including phenoxy) is 1. The molecule has 2 atom stereocenters. The molecule has 1 unspecified atom stereocenters. The lowest BCUT2D eigenvalue weighted by molar-refractivity contribution is -0.121. The standard InChI is InChI=1S/C19H24F4NO6P/c1-19(2,3)30-18(26)24-8-10(15-16(22)11(20)7-12(21)17(15)23)6-13(24)14(25)9-31(27,28-4)29-5/h7,10,13H,6,8-9H2,1-5H3/t10-,13?/m0/s1. The number of Topliss-reactive ketones (excluding diaryl/α,β-unsaturated/α-hetero) is 1. The molecule has 7 nitrogen and oxygen atoms in total. The van der Waals surface area contributed by atoms with Gasteiger partial charge in [0.05, 0.1) is 6.04 Å². The third kappa shape index (κ3) is 5.64. The molecular formula is C19H24F4NO6P. The van der Waals surface area contributed by atoms with E-state index in [4.69, 9.17) is 13.8 Å². The van der Waals surface area contributed by atoms with Crippen molar-refractivity contribution in [2.24, 2.45) is 0 Å². The molecule has 1 aromatic carbocycles. The van der Waals surface area contributed by atoms with Crippen molar-refractivity contribution in [3.8, 4) is 0 Å². The van der Waals surface area contributed by atoms with Gasteiger partial charge in [0.2, 0.25) is 0 Å². The Hall–Kier alpha value is -1.97.